The number of aryl methyl sites for hydroxylation is 1. The molecule has 2 amide bonds. The van der Waals surface area contributed by atoms with E-state index in [1.807, 2.05) is 0 Å². The van der Waals surface area contributed by atoms with E-state index >= 15 is 0 Å². The van der Waals surface area contributed by atoms with E-state index in [0.29, 0.717) is 18.4 Å². The number of benzene rings is 1. The molecule has 0 saturated carbocycles. The Morgan fingerprint density at radius 1 is 1.20 bits per heavy atom. The Labute approximate surface area is 171 Å². The first-order valence-electron chi connectivity index (χ1n) is 9.52. The van der Waals surface area contributed by atoms with E-state index in [2.05, 4.69) is 10.3 Å². The van der Waals surface area contributed by atoms with Crippen molar-refractivity contribution in [2.75, 3.05) is 13.1 Å². The molecule has 2 aromatic rings. The number of halogens is 3. The van der Waals surface area contributed by atoms with Crippen LogP contribution >= 0.6 is 0 Å². The molecule has 1 aliphatic heterocycles. The minimum atomic E-state index is -5.07. The van der Waals surface area contributed by atoms with E-state index in [4.69, 9.17) is 0 Å². The zero-order valence-corrected chi connectivity index (χ0v) is 16.4. The van der Waals surface area contributed by atoms with Crippen LogP contribution in [0.3, 0.4) is 0 Å². The fourth-order valence-electron chi connectivity index (χ4n) is 3.53. The molecule has 2 heterocycles. The van der Waals surface area contributed by atoms with Gasteiger partial charge in [-0.2, -0.15) is 13.2 Å². The standard InChI is InChI=1S/C20H23F3N4O3/c1-26-12-9-24-18(26)19(30,20(21,22)23)13-16(28)27-10-7-15(8-11-27)25-17(29)14-5-3-2-4-6-14/h2-6,9,12,15,30H,7-8,10-11,13H2,1H3,(H,25,29). The van der Waals surface area contributed by atoms with E-state index in [9.17, 15) is 27.9 Å². The van der Waals surface area contributed by atoms with Crippen molar-refractivity contribution in [3.63, 3.8) is 0 Å². The molecule has 1 aromatic carbocycles. The van der Waals surface area contributed by atoms with Gasteiger partial charge in [-0.3, -0.25) is 9.59 Å². The number of nitrogens with zero attached hydrogens (tertiary/aromatic N) is 3. The summed E-state index contributed by atoms with van der Waals surface area (Å²) in [6, 6.07) is 8.48. The number of carbonyl (C=O) groups is 2. The number of hydrogen-bond acceptors (Lipinski definition) is 4. The predicted molar refractivity (Wildman–Crippen MR) is 101 cm³/mol. The summed E-state index contributed by atoms with van der Waals surface area (Å²) in [5.41, 5.74) is -2.86. The number of piperidine rings is 1. The third-order valence-electron chi connectivity index (χ3n) is 5.29. The lowest BCUT2D eigenvalue weighted by molar-refractivity contribution is -0.272. The molecule has 162 valence electrons. The van der Waals surface area contributed by atoms with E-state index in [1.165, 1.54) is 18.1 Å². The molecule has 1 atom stereocenters. The summed E-state index contributed by atoms with van der Waals surface area (Å²) >= 11 is 0. The number of alkyl halides is 3. The van der Waals surface area contributed by atoms with Crippen molar-refractivity contribution in [1.29, 1.82) is 0 Å². The van der Waals surface area contributed by atoms with Gasteiger partial charge in [-0.25, -0.2) is 4.98 Å². The van der Waals surface area contributed by atoms with Crippen molar-refractivity contribution in [2.45, 2.75) is 37.1 Å². The molecule has 10 heteroatoms. The Kier molecular flexibility index (Phi) is 6.16. The summed E-state index contributed by atoms with van der Waals surface area (Å²) in [6.07, 6.45) is -2.98. The lowest BCUT2D eigenvalue weighted by Crippen LogP contribution is -2.51. The van der Waals surface area contributed by atoms with Crippen LogP contribution in [0, 0.1) is 0 Å². The van der Waals surface area contributed by atoms with E-state index in [0.717, 1.165) is 10.8 Å². The highest BCUT2D eigenvalue weighted by Gasteiger charge is 2.59. The molecule has 2 N–H and O–H groups in total. The average Bonchev–Trinajstić information content (AvgIpc) is 3.14. The summed E-state index contributed by atoms with van der Waals surface area (Å²) < 4.78 is 41.9. The molecule has 1 saturated heterocycles. The maximum absolute atomic E-state index is 13.6. The number of hydrogen-bond donors (Lipinski definition) is 2. The zero-order valence-electron chi connectivity index (χ0n) is 16.4. The van der Waals surface area contributed by atoms with Gasteiger partial charge >= 0.3 is 6.18 Å². The summed E-state index contributed by atoms with van der Waals surface area (Å²) in [5, 5.41) is 13.3. The van der Waals surface area contributed by atoms with Crippen LogP contribution in [0.1, 0.15) is 35.4 Å². The summed E-state index contributed by atoms with van der Waals surface area (Å²) in [5.74, 6) is -1.68. The van der Waals surface area contributed by atoms with Crippen molar-refractivity contribution in [3.8, 4) is 0 Å². The molecule has 1 unspecified atom stereocenters. The second kappa shape index (κ2) is 8.47. The zero-order chi connectivity index (χ0) is 21.9. The van der Waals surface area contributed by atoms with Crippen molar-refractivity contribution in [3.05, 3.63) is 54.1 Å². The first kappa shape index (κ1) is 21.8. The minimum Gasteiger partial charge on any atom is -0.374 e. The summed E-state index contributed by atoms with van der Waals surface area (Å²) in [4.78, 5) is 29.7. The largest absolute Gasteiger partial charge is 0.425 e. The number of amides is 2. The predicted octanol–water partition coefficient (Wildman–Crippen LogP) is 1.98. The van der Waals surface area contributed by atoms with Crippen molar-refractivity contribution >= 4 is 11.8 Å². The number of aliphatic hydroxyl groups is 1. The monoisotopic (exact) mass is 424 g/mol. The van der Waals surface area contributed by atoms with Gasteiger partial charge in [0, 0.05) is 44.1 Å². The topological polar surface area (TPSA) is 87.5 Å². The van der Waals surface area contributed by atoms with Gasteiger partial charge < -0.3 is 19.9 Å². The van der Waals surface area contributed by atoms with Crippen molar-refractivity contribution in [1.82, 2.24) is 19.8 Å². The summed E-state index contributed by atoms with van der Waals surface area (Å²) in [7, 11) is 1.32. The van der Waals surface area contributed by atoms with Gasteiger partial charge in [0.25, 0.3) is 5.91 Å². The van der Waals surface area contributed by atoms with Gasteiger partial charge in [0.15, 0.2) is 5.82 Å². The fourth-order valence-corrected chi connectivity index (χ4v) is 3.53. The van der Waals surface area contributed by atoms with Crippen LogP contribution < -0.4 is 5.32 Å². The highest BCUT2D eigenvalue weighted by molar-refractivity contribution is 5.94. The maximum Gasteiger partial charge on any atom is 0.425 e. The Morgan fingerprint density at radius 2 is 1.83 bits per heavy atom. The van der Waals surface area contributed by atoms with Crippen LogP contribution in [0.5, 0.6) is 0 Å². The molecule has 0 aliphatic carbocycles. The van der Waals surface area contributed by atoms with Crippen LogP contribution in [0.2, 0.25) is 0 Å². The first-order valence-corrected chi connectivity index (χ1v) is 9.52. The highest BCUT2D eigenvalue weighted by atomic mass is 19.4. The second-order valence-corrected chi connectivity index (χ2v) is 7.39. The van der Waals surface area contributed by atoms with Gasteiger partial charge in [0.2, 0.25) is 11.5 Å². The van der Waals surface area contributed by atoms with E-state index in [-0.39, 0.29) is 25.0 Å². The van der Waals surface area contributed by atoms with Crippen LogP contribution in [-0.2, 0) is 17.4 Å². The second-order valence-electron chi connectivity index (χ2n) is 7.39. The number of aromatic nitrogens is 2. The number of imidazole rings is 1. The molecular weight excluding hydrogens is 401 g/mol. The molecule has 3 rings (SSSR count). The average molecular weight is 424 g/mol. The molecule has 0 radical (unpaired) electrons. The SMILES string of the molecule is Cn1ccnc1C(O)(CC(=O)N1CCC(NC(=O)c2ccccc2)CC1)C(F)(F)F. The molecule has 1 aliphatic rings. The fraction of sp³-hybridized carbons (Fsp3) is 0.450. The molecule has 7 nitrogen and oxygen atoms in total. The molecule has 30 heavy (non-hydrogen) atoms. The smallest absolute Gasteiger partial charge is 0.374 e. The Balaban J connectivity index is 1.60. The van der Waals surface area contributed by atoms with E-state index < -0.39 is 29.9 Å². The summed E-state index contributed by atoms with van der Waals surface area (Å²) in [6.45, 7) is 0.375. The quantitative estimate of drug-likeness (QED) is 0.769. The van der Waals surface area contributed by atoms with Gasteiger partial charge in [-0.05, 0) is 25.0 Å². The van der Waals surface area contributed by atoms with Crippen molar-refractivity contribution in [2.24, 2.45) is 7.05 Å². The normalized spacial score (nSPS) is 17.4. The molecule has 1 aromatic heterocycles. The van der Waals surface area contributed by atoms with Gasteiger partial charge in [-0.15, -0.1) is 0 Å². The number of carbonyl (C=O) groups excluding carboxylic acids is 2. The number of likely N-dealkylation sites (tertiary alicyclic amines) is 1. The molecule has 0 spiro atoms. The van der Waals surface area contributed by atoms with E-state index in [1.54, 1.807) is 30.3 Å². The highest BCUT2D eigenvalue weighted by Crippen LogP contribution is 2.41. The lowest BCUT2D eigenvalue weighted by atomic mass is 9.95. The van der Waals surface area contributed by atoms with Crippen LogP contribution in [0.15, 0.2) is 42.7 Å². The van der Waals surface area contributed by atoms with Gasteiger partial charge in [0.1, 0.15) is 0 Å². The van der Waals surface area contributed by atoms with Gasteiger partial charge in [0.05, 0.1) is 6.42 Å². The van der Waals surface area contributed by atoms with Crippen molar-refractivity contribution < 1.29 is 27.9 Å². The number of rotatable bonds is 5. The lowest BCUT2D eigenvalue weighted by Gasteiger charge is -2.35. The Hall–Kier alpha value is -2.88. The number of nitrogens with one attached hydrogen (secondary N) is 1. The van der Waals surface area contributed by atoms with Crippen LogP contribution in [0.25, 0.3) is 0 Å². The molecular formula is C20H23F3N4O3. The van der Waals surface area contributed by atoms with Gasteiger partial charge in [-0.1, -0.05) is 18.2 Å². The van der Waals surface area contributed by atoms with Crippen LogP contribution in [-0.4, -0.2) is 56.7 Å². The molecule has 0 bridgehead atoms. The Morgan fingerprint density at radius 3 is 2.37 bits per heavy atom. The Bertz CT molecular complexity index is 892. The minimum absolute atomic E-state index is 0.183. The third-order valence-corrected chi connectivity index (χ3v) is 5.29. The third kappa shape index (κ3) is 4.48. The molecule has 1 fully saturated rings. The van der Waals surface area contributed by atoms with Crippen LogP contribution in [0.4, 0.5) is 13.2 Å². The maximum atomic E-state index is 13.6. The first-order chi connectivity index (χ1) is 14.1.